The van der Waals surface area contributed by atoms with Gasteiger partial charge in [0.2, 0.25) is 0 Å². The third-order valence-electron chi connectivity index (χ3n) is 4.15. The Kier molecular flexibility index (Phi) is 6.43. The molecule has 0 radical (unpaired) electrons. The van der Waals surface area contributed by atoms with Crippen molar-refractivity contribution in [2.24, 2.45) is 0 Å². The maximum atomic E-state index is 12.7. The van der Waals surface area contributed by atoms with Crippen LogP contribution in [0.2, 0.25) is 0 Å². The van der Waals surface area contributed by atoms with Gasteiger partial charge in [-0.3, -0.25) is 14.9 Å². The van der Waals surface area contributed by atoms with Gasteiger partial charge in [-0.15, -0.1) is 4.59 Å². The summed E-state index contributed by atoms with van der Waals surface area (Å²) in [7, 11) is 1.32. The molecule has 0 aliphatic carbocycles. The number of amides is 1. The van der Waals surface area contributed by atoms with E-state index in [-0.39, 0.29) is 28.4 Å². The number of nitro groups is 1. The number of nitro benzene ring substituents is 1. The standard InChI is InChI=1S/C16H22N3O6/c1-24-15(20)9-10-17-19(11-3-2-4-12-19)16(21)25-14-7-5-13(6-8-14)18(22)23/h5-8,17H,2-4,9-12H2,1H3/q+1. The average molecular weight is 352 g/mol. The van der Waals surface area contributed by atoms with Crippen molar-refractivity contribution in [1.82, 2.24) is 5.43 Å². The van der Waals surface area contributed by atoms with E-state index in [0.717, 1.165) is 19.3 Å². The van der Waals surface area contributed by atoms with Gasteiger partial charge in [-0.2, -0.15) is 10.2 Å². The molecule has 136 valence electrons. The lowest BCUT2D eigenvalue weighted by atomic mass is 10.1. The zero-order chi connectivity index (χ0) is 18.3. The van der Waals surface area contributed by atoms with Crippen LogP contribution < -0.4 is 10.2 Å². The normalized spacial score (nSPS) is 16.0. The Hall–Kier alpha value is -2.52. The zero-order valence-corrected chi connectivity index (χ0v) is 14.1. The highest BCUT2D eigenvalue weighted by atomic mass is 16.6. The zero-order valence-electron chi connectivity index (χ0n) is 14.1. The number of benzene rings is 1. The van der Waals surface area contributed by atoms with Crippen molar-refractivity contribution in [1.29, 1.82) is 0 Å². The fraction of sp³-hybridized carbons (Fsp3) is 0.500. The van der Waals surface area contributed by atoms with E-state index in [9.17, 15) is 19.7 Å². The minimum Gasteiger partial charge on any atom is -0.469 e. The minimum atomic E-state index is -0.515. The second-order valence-electron chi connectivity index (χ2n) is 5.83. The van der Waals surface area contributed by atoms with E-state index < -0.39 is 11.0 Å². The maximum absolute atomic E-state index is 12.7. The largest absolute Gasteiger partial charge is 0.541 e. The van der Waals surface area contributed by atoms with Crippen LogP contribution in [0.25, 0.3) is 0 Å². The van der Waals surface area contributed by atoms with Gasteiger partial charge in [0.15, 0.2) is 0 Å². The van der Waals surface area contributed by atoms with E-state index in [0.29, 0.717) is 19.6 Å². The summed E-state index contributed by atoms with van der Waals surface area (Å²) < 4.78 is 9.93. The van der Waals surface area contributed by atoms with Gasteiger partial charge in [0.05, 0.1) is 25.0 Å². The van der Waals surface area contributed by atoms with Gasteiger partial charge in [-0.25, -0.2) is 0 Å². The number of nitrogens with zero attached hydrogens (tertiary/aromatic N) is 2. The summed E-state index contributed by atoms with van der Waals surface area (Å²) in [4.78, 5) is 34.1. The van der Waals surface area contributed by atoms with E-state index in [2.05, 4.69) is 10.2 Å². The smallest absolute Gasteiger partial charge is 0.469 e. The molecule has 1 aromatic rings. The number of nitrogens with one attached hydrogen (secondary N) is 1. The number of quaternary nitrogens is 1. The highest BCUT2D eigenvalue weighted by Gasteiger charge is 2.41. The Morgan fingerprint density at radius 3 is 2.40 bits per heavy atom. The second-order valence-corrected chi connectivity index (χ2v) is 5.83. The molecule has 1 aromatic carbocycles. The van der Waals surface area contributed by atoms with Gasteiger partial charge in [0, 0.05) is 12.1 Å². The molecule has 0 atom stereocenters. The maximum Gasteiger partial charge on any atom is 0.541 e. The number of carbonyl (C=O) groups excluding carboxylic acids is 2. The van der Waals surface area contributed by atoms with E-state index in [4.69, 9.17) is 4.74 Å². The minimum absolute atomic E-state index is 0.0714. The monoisotopic (exact) mass is 352 g/mol. The quantitative estimate of drug-likeness (QED) is 0.362. The van der Waals surface area contributed by atoms with Gasteiger partial charge in [-0.1, -0.05) is 0 Å². The summed E-state index contributed by atoms with van der Waals surface area (Å²) in [6.45, 7) is 1.42. The molecule has 9 heteroatoms. The number of esters is 1. The summed E-state index contributed by atoms with van der Waals surface area (Å²) in [5, 5.41) is 10.7. The Balaban J connectivity index is 2.04. The van der Waals surface area contributed by atoms with Gasteiger partial charge >= 0.3 is 12.1 Å². The first-order valence-corrected chi connectivity index (χ1v) is 8.13. The molecule has 1 heterocycles. The van der Waals surface area contributed by atoms with Crippen molar-refractivity contribution in [3.05, 3.63) is 34.4 Å². The summed E-state index contributed by atoms with van der Waals surface area (Å²) in [6.07, 6.45) is 2.42. The van der Waals surface area contributed by atoms with Crippen LogP contribution in [0.3, 0.4) is 0 Å². The van der Waals surface area contributed by atoms with Crippen LogP contribution in [0.1, 0.15) is 25.7 Å². The molecule has 0 spiro atoms. The van der Waals surface area contributed by atoms with Crippen molar-refractivity contribution in [2.45, 2.75) is 25.7 Å². The van der Waals surface area contributed by atoms with Gasteiger partial charge < -0.3 is 9.47 Å². The number of hydrogen-bond donors (Lipinski definition) is 1. The number of ether oxygens (including phenoxy) is 2. The lowest BCUT2D eigenvalue weighted by Crippen LogP contribution is -2.65. The van der Waals surface area contributed by atoms with Crippen LogP contribution in [0, 0.1) is 10.1 Å². The number of rotatable bonds is 6. The fourth-order valence-corrected chi connectivity index (χ4v) is 2.76. The van der Waals surface area contributed by atoms with Gasteiger partial charge in [0.1, 0.15) is 18.8 Å². The molecule has 0 saturated carbocycles. The molecule has 0 unspecified atom stereocenters. The van der Waals surface area contributed by atoms with Crippen molar-refractivity contribution in [3.8, 4) is 5.75 Å². The van der Waals surface area contributed by atoms with Gasteiger partial charge in [-0.05, 0) is 31.4 Å². The van der Waals surface area contributed by atoms with Crippen molar-refractivity contribution >= 4 is 17.7 Å². The van der Waals surface area contributed by atoms with Crippen LogP contribution in [0.15, 0.2) is 24.3 Å². The Morgan fingerprint density at radius 2 is 1.84 bits per heavy atom. The second kappa shape index (κ2) is 8.54. The Labute approximate surface area is 145 Å². The molecule has 0 bridgehead atoms. The molecule has 1 aliphatic heterocycles. The summed E-state index contributed by atoms with van der Waals surface area (Å²) in [6, 6.07) is 5.36. The molecule has 9 nitrogen and oxygen atoms in total. The summed E-state index contributed by atoms with van der Waals surface area (Å²) in [5.41, 5.74) is 3.03. The van der Waals surface area contributed by atoms with E-state index >= 15 is 0 Å². The molecular weight excluding hydrogens is 330 g/mol. The third kappa shape index (κ3) is 4.97. The molecule has 1 N–H and O–H groups in total. The van der Waals surface area contributed by atoms with Gasteiger partial charge in [0.25, 0.3) is 5.69 Å². The Bertz CT molecular complexity index is 625. The summed E-state index contributed by atoms with van der Waals surface area (Å²) in [5.74, 6) is -0.111. The number of non-ortho nitro benzene ring substituents is 1. The van der Waals surface area contributed by atoms with Crippen LogP contribution in [-0.4, -0.2) is 48.3 Å². The lowest BCUT2D eigenvalue weighted by Gasteiger charge is -2.36. The molecule has 25 heavy (non-hydrogen) atoms. The molecule has 1 aliphatic rings. The number of likely N-dealkylation sites (tertiary alicyclic amines) is 1. The number of hydrogen-bond acceptors (Lipinski definition) is 7. The topological polar surface area (TPSA) is 108 Å². The van der Waals surface area contributed by atoms with Crippen molar-refractivity contribution < 1.29 is 28.6 Å². The highest BCUT2D eigenvalue weighted by molar-refractivity contribution is 5.69. The Morgan fingerprint density at radius 1 is 1.20 bits per heavy atom. The predicted molar refractivity (Wildman–Crippen MR) is 87.6 cm³/mol. The molecule has 2 rings (SSSR count). The van der Waals surface area contributed by atoms with Crippen LogP contribution >= 0.6 is 0 Å². The van der Waals surface area contributed by atoms with Crippen molar-refractivity contribution in [2.75, 3.05) is 26.7 Å². The van der Waals surface area contributed by atoms with Crippen LogP contribution in [0.5, 0.6) is 5.75 Å². The SMILES string of the molecule is COC(=O)CCN[N+]1(C(=O)Oc2ccc([N+](=O)[O-])cc2)CCCCC1. The molecular formula is C16H22N3O6+. The first-order valence-electron chi connectivity index (χ1n) is 8.13. The fourth-order valence-electron chi connectivity index (χ4n) is 2.76. The van der Waals surface area contributed by atoms with E-state index in [1.54, 1.807) is 0 Å². The number of methoxy groups -OCH3 is 1. The van der Waals surface area contributed by atoms with Crippen LogP contribution in [-0.2, 0) is 9.53 Å². The third-order valence-corrected chi connectivity index (χ3v) is 4.15. The molecule has 1 fully saturated rings. The first-order chi connectivity index (χ1) is 12.0. The number of carbonyl (C=O) groups is 2. The van der Waals surface area contributed by atoms with Crippen LogP contribution in [0.4, 0.5) is 10.5 Å². The predicted octanol–water partition coefficient (Wildman–Crippen LogP) is 2.16. The first kappa shape index (κ1) is 18.8. The number of piperidine rings is 1. The van der Waals surface area contributed by atoms with Crippen molar-refractivity contribution in [3.63, 3.8) is 0 Å². The summed E-state index contributed by atoms with van der Waals surface area (Å²) >= 11 is 0. The average Bonchev–Trinajstić information content (AvgIpc) is 2.62. The molecule has 1 saturated heterocycles. The van der Waals surface area contributed by atoms with E-state index in [1.165, 1.54) is 31.4 Å². The molecule has 1 amide bonds. The molecule has 0 aromatic heterocycles. The van der Waals surface area contributed by atoms with E-state index in [1.807, 2.05) is 0 Å². The highest BCUT2D eigenvalue weighted by Crippen LogP contribution is 2.22. The lowest BCUT2D eigenvalue weighted by molar-refractivity contribution is -0.904.